The molecule has 5 amide bonds. The van der Waals surface area contributed by atoms with E-state index in [1.54, 1.807) is 20.8 Å². The first-order chi connectivity index (χ1) is 22.2. The number of nitrogens with one attached hydrogen (secondary N) is 5. The molecule has 0 spiro atoms. The third kappa shape index (κ3) is 23.6. The van der Waals surface area contributed by atoms with Gasteiger partial charge in [0.1, 0.15) is 12.0 Å². The number of hydrogen-bond donors (Lipinski definition) is 7. The molecule has 0 bridgehead atoms. The lowest BCUT2D eigenvalue weighted by atomic mass is 10.1. The first-order valence-corrected chi connectivity index (χ1v) is 16.1. The van der Waals surface area contributed by atoms with E-state index in [1.807, 2.05) is 30.4 Å². The van der Waals surface area contributed by atoms with E-state index < -0.39 is 23.9 Å². The van der Waals surface area contributed by atoms with Crippen LogP contribution < -0.4 is 26.6 Å². The summed E-state index contributed by atoms with van der Waals surface area (Å²) in [5.74, 6) is -0.886. The number of nitrogens with zero attached hydrogens (tertiary/aromatic N) is 2. The van der Waals surface area contributed by atoms with Crippen LogP contribution in [0.4, 0.5) is 14.4 Å². The molecule has 0 aliphatic carbocycles. The van der Waals surface area contributed by atoms with Crippen LogP contribution >= 0.6 is 0 Å². The number of unbranched alkanes of at least 4 members (excludes halogenated alkanes) is 4. The predicted octanol–water partition coefficient (Wildman–Crippen LogP) is 3.65. The summed E-state index contributed by atoms with van der Waals surface area (Å²) < 4.78 is 5.10. The van der Waals surface area contributed by atoms with E-state index in [0.717, 1.165) is 45.3 Å². The van der Waals surface area contributed by atoms with Gasteiger partial charge >= 0.3 is 18.3 Å². The Labute approximate surface area is 277 Å². The van der Waals surface area contributed by atoms with Crippen molar-refractivity contribution in [2.45, 2.75) is 97.2 Å². The first kappa shape index (κ1) is 40.6. The van der Waals surface area contributed by atoms with Crippen molar-refractivity contribution < 1.29 is 38.9 Å². The molecule has 0 radical (unpaired) electrons. The first-order valence-electron chi connectivity index (χ1n) is 16.1. The van der Waals surface area contributed by atoms with Crippen molar-refractivity contribution in [3.05, 3.63) is 35.9 Å². The van der Waals surface area contributed by atoms with Gasteiger partial charge in [-0.2, -0.15) is 0 Å². The van der Waals surface area contributed by atoms with Crippen LogP contribution in [0.25, 0.3) is 0 Å². The number of carboxylic acid groups (broad SMARTS) is 2. The van der Waals surface area contributed by atoms with E-state index in [9.17, 15) is 24.0 Å². The van der Waals surface area contributed by atoms with Crippen molar-refractivity contribution >= 4 is 36.1 Å². The van der Waals surface area contributed by atoms with Crippen LogP contribution in [0.1, 0.15) is 84.6 Å². The maximum atomic E-state index is 12.2. The van der Waals surface area contributed by atoms with Gasteiger partial charge in [-0.15, -0.1) is 0 Å². The molecule has 0 saturated carbocycles. The molecule has 1 aromatic rings. The van der Waals surface area contributed by atoms with Crippen molar-refractivity contribution in [3.63, 3.8) is 0 Å². The summed E-state index contributed by atoms with van der Waals surface area (Å²) in [6, 6.07) is 9.90. The Morgan fingerprint density at radius 1 is 0.830 bits per heavy atom. The van der Waals surface area contributed by atoms with Gasteiger partial charge in [-0.05, 0) is 71.9 Å². The number of benzene rings is 1. The molecule has 0 fully saturated rings. The number of alkyl carbamates (subject to hydrolysis) is 1. The zero-order valence-corrected chi connectivity index (χ0v) is 28.1. The van der Waals surface area contributed by atoms with Crippen LogP contribution in [-0.2, 0) is 20.9 Å². The minimum Gasteiger partial charge on any atom is -0.465 e. The Kier molecular flexibility index (Phi) is 19.9. The van der Waals surface area contributed by atoms with E-state index in [-0.39, 0.29) is 36.8 Å². The maximum Gasteiger partial charge on any atom is 0.414 e. The molecule has 7 N–H and O–H groups in total. The largest absolute Gasteiger partial charge is 0.465 e. The molecule has 1 aromatic carbocycles. The summed E-state index contributed by atoms with van der Waals surface area (Å²) in [6.07, 6.45) is 1.73. The summed E-state index contributed by atoms with van der Waals surface area (Å²) >= 11 is 0. The van der Waals surface area contributed by atoms with Gasteiger partial charge in [0.05, 0.1) is 0 Å². The van der Waals surface area contributed by atoms with Gasteiger partial charge in [0, 0.05) is 38.8 Å². The topological polar surface area (TPSA) is 211 Å². The van der Waals surface area contributed by atoms with E-state index in [1.165, 1.54) is 5.56 Å². The summed E-state index contributed by atoms with van der Waals surface area (Å²) in [4.78, 5) is 64.4. The Hall–Kier alpha value is -4.40. The number of amides is 5. The Bertz CT molecular complexity index is 1140. The molecule has 47 heavy (non-hydrogen) atoms. The minimum absolute atomic E-state index is 0.157. The molecule has 15 nitrogen and oxygen atoms in total. The minimum atomic E-state index is -1.36. The van der Waals surface area contributed by atoms with Gasteiger partial charge in [0.15, 0.2) is 0 Å². The summed E-state index contributed by atoms with van der Waals surface area (Å²) in [5.41, 5.74) is 0.434. The standard InChI is InChI=1S/C32H53N7O8/c1-24(36-29(42)43)16-21-39(23-25-14-8-7-9-15-25)20-13-12-18-34-27(41)22-26(40)33-17-10-5-6-11-19-35-28(37-30(44)45)38-31(46)47-32(2,3)4/h7-9,14-15,24,36H,5-6,10-13,16-23H2,1-4H3,(H,33,40)(H,34,41)(H,42,43)(H,44,45)(H2,35,37,38,46)/t24-/m1/s1. The monoisotopic (exact) mass is 663 g/mol. The molecule has 0 aromatic heterocycles. The maximum absolute atomic E-state index is 12.2. The fourth-order valence-corrected chi connectivity index (χ4v) is 4.35. The number of ether oxygens (including phenoxy) is 1. The number of rotatable bonds is 20. The molecule has 264 valence electrons. The average molecular weight is 664 g/mol. The van der Waals surface area contributed by atoms with Crippen molar-refractivity contribution in [1.29, 1.82) is 0 Å². The van der Waals surface area contributed by atoms with Crippen LogP contribution in [-0.4, -0.2) is 95.5 Å². The van der Waals surface area contributed by atoms with Crippen molar-refractivity contribution in [3.8, 4) is 0 Å². The molecule has 15 heteroatoms. The third-order valence-corrected chi connectivity index (χ3v) is 6.56. The highest BCUT2D eigenvalue weighted by Gasteiger charge is 2.18. The number of hydrogen-bond acceptors (Lipinski definition) is 8. The van der Waals surface area contributed by atoms with Crippen LogP contribution in [0.2, 0.25) is 0 Å². The van der Waals surface area contributed by atoms with E-state index in [2.05, 4.69) is 43.3 Å². The Morgan fingerprint density at radius 3 is 2.04 bits per heavy atom. The highest BCUT2D eigenvalue weighted by Crippen LogP contribution is 2.08. The lowest BCUT2D eigenvalue weighted by Gasteiger charge is -2.24. The number of aliphatic imine (C=N–C) groups is 1. The average Bonchev–Trinajstić information content (AvgIpc) is 2.95. The van der Waals surface area contributed by atoms with Crippen molar-refractivity contribution in [2.24, 2.45) is 4.99 Å². The van der Waals surface area contributed by atoms with Gasteiger partial charge in [0.2, 0.25) is 17.8 Å². The Balaban J connectivity index is 2.23. The fraction of sp³-hybridized carbons (Fsp3) is 0.625. The normalized spacial score (nSPS) is 12.1. The second kappa shape index (κ2) is 23.0. The molecule has 1 rings (SSSR count). The molecular formula is C32H53N7O8. The molecule has 0 aliphatic rings. The summed E-state index contributed by atoms with van der Waals surface area (Å²) in [7, 11) is 0. The lowest BCUT2D eigenvalue weighted by Crippen LogP contribution is -2.45. The SMILES string of the molecule is C[C@H](CCN(CCCCNC(=O)CC(=O)NCCCCCCN=C(NC(=O)O)NC(=O)OC(C)(C)C)Cc1ccccc1)NC(=O)O. The second-order valence-electron chi connectivity index (χ2n) is 12.2. The highest BCUT2D eigenvalue weighted by atomic mass is 16.6. The Morgan fingerprint density at radius 2 is 1.45 bits per heavy atom. The zero-order chi connectivity index (χ0) is 35.1. The molecule has 1 atom stereocenters. The van der Waals surface area contributed by atoms with Crippen molar-refractivity contribution in [1.82, 2.24) is 31.5 Å². The van der Waals surface area contributed by atoms with Gasteiger partial charge in [0.25, 0.3) is 0 Å². The van der Waals surface area contributed by atoms with Gasteiger partial charge in [-0.25, -0.2) is 14.4 Å². The summed E-state index contributed by atoms with van der Waals surface area (Å²) in [6.45, 7) is 10.4. The number of guanidine groups is 1. The summed E-state index contributed by atoms with van der Waals surface area (Å²) in [5, 5.41) is 30.2. The van der Waals surface area contributed by atoms with Crippen LogP contribution in [0.5, 0.6) is 0 Å². The van der Waals surface area contributed by atoms with Gasteiger partial charge < -0.3 is 30.9 Å². The zero-order valence-electron chi connectivity index (χ0n) is 28.1. The van der Waals surface area contributed by atoms with Crippen LogP contribution in [0, 0.1) is 0 Å². The smallest absolute Gasteiger partial charge is 0.414 e. The van der Waals surface area contributed by atoms with E-state index in [0.29, 0.717) is 32.4 Å². The fourth-order valence-electron chi connectivity index (χ4n) is 4.35. The van der Waals surface area contributed by atoms with E-state index >= 15 is 0 Å². The van der Waals surface area contributed by atoms with E-state index in [4.69, 9.17) is 14.9 Å². The molecular weight excluding hydrogens is 610 g/mol. The third-order valence-electron chi connectivity index (χ3n) is 6.56. The van der Waals surface area contributed by atoms with Crippen LogP contribution in [0.15, 0.2) is 35.3 Å². The number of carbonyl (C=O) groups is 5. The lowest BCUT2D eigenvalue weighted by molar-refractivity contribution is -0.129. The molecule has 0 unspecified atom stereocenters. The van der Waals surface area contributed by atoms with Gasteiger partial charge in [-0.1, -0.05) is 43.2 Å². The van der Waals surface area contributed by atoms with Gasteiger partial charge in [-0.3, -0.25) is 30.1 Å². The van der Waals surface area contributed by atoms with Crippen molar-refractivity contribution in [2.75, 3.05) is 32.7 Å². The molecule has 0 saturated heterocycles. The highest BCUT2D eigenvalue weighted by molar-refractivity contribution is 6.00. The number of carbonyl (C=O) groups excluding carboxylic acids is 3. The molecule has 0 aliphatic heterocycles. The molecule has 0 heterocycles. The van der Waals surface area contributed by atoms with Crippen LogP contribution in [0.3, 0.4) is 0 Å². The quantitative estimate of drug-likeness (QED) is 0.0469. The second-order valence-corrected chi connectivity index (χ2v) is 12.2. The predicted molar refractivity (Wildman–Crippen MR) is 178 cm³/mol.